The molecule has 0 fully saturated rings. The molecule has 2 heterocycles. The molecule has 0 aliphatic rings. The molecule has 0 amide bonds. The van der Waals surface area contributed by atoms with Crippen molar-refractivity contribution in [2.24, 2.45) is 0 Å². The van der Waals surface area contributed by atoms with Gasteiger partial charge in [-0.3, -0.25) is 4.79 Å². The first kappa shape index (κ1) is 21.5. The molecule has 4 aromatic rings. The van der Waals surface area contributed by atoms with E-state index in [2.05, 4.69) is 41.7 Å². The van der Waals surface area contributed by atoms with Crippen LogP contribution in [0.1, 0.15) is 47.5 Å². The zero-order valence-electron chi connectivity index (χ0n) is 17.6. The van der Waals surface area contributed by atoms with E-state index >= 15 is 0 Å². The van der Waals surface area contributed by atoms with Crippen molar-refractivity contribution in [3.8, 4) is 5.75 Å². The summed E-state index contributed by atoms with van der Waals surface area (Å²) in [6, 6.07) is 15.1. The number of nitrogens with one attached hydrogen (secondary N) is 1. The first-order valence-corrected chi connectivity index (χ1v) is 11.6. The summed E-state index contributed by atoms with van der Waals surface area (Å²) in [4.78, 5) is 21.6. The van der Waals surface area contributed by atoms with Gasteiger partial charge < -0.3 is 10.1 Å². The lowest BCUT2D eigenvalue weighted by Gasteiger charge is -2.17. The van der Waals surface area contributed by atoms with E-state index < -0.39 is 0 Å². The Morgan fingerprint density at radius 1 is 1.13 bits per heavy atom. The lowest BCUT2D eigenvalue weighted by Crippen LogP contribution is -2.17. The van der Waals surface area contributed by atoms with Crippen molar-refractivity contribution in [2.75, 3.05) is 0 Å². The van der Waals surface area contributed by atoms with Gasteiger partial charge in [0, 0.05) is 37.8 Å². The van der Waals surface area contributed by atoms with E-state index in [1.54, 1.807) is 23.5 Å². The summed E-state index contributed by atoms with van der Waals surface area (Å²) in [6.07, 6.45) is 4.30. The molecule has 0 aliphatic carbocycles. The maximum atomic E-state index is 12.7. The Balaban J connectivity index is 1.72. The van der Waals surface area contributed by atoms with E-state index in [1.807, 2.05) is 48.6 Å². The molecule has 0 saturated carbocycles. The molecule has 0 spiro atoms. The molecule has 0 bridgehead atoms. The number of phenols is 1. The number of phenolic OH excluding ortho intramolecular Hbond substituents is 1. The molecular formula is C25H23BrN2O2S. The van der Waals surface area contributed by atoms with Gasteiger partial charge in [-0.1, -0.05) is 54.9 Å². The van der Waals surface area contributed by atoms with Crippen LogP contribution in [0, 0.1) is 0 Å². The Morgan fingerprint density at radius 3 is 2.68 bits per heavy atom. The highest BCUT2D eigenvalue weighted by atomic mass is 79.9. The van der Waals surface area contributed by atoms with E-state index in [9.17, 15) is 9.90 Å². The number of pyridine rings is 1. The monoisotopic (exact) mass is 494 g/mol. The number of thiazole rings is 1. The number of aromatic nitrogens is 2. The van der Waals surface area contributed by atoms with E-state index in [1.165, 1.54) is 0 Å². The minimum atomic E-state index is -0.153. The summed E-state index contributed by atoms with van der Waals surface area (Å²) in [5.41, 5.74) is 3.06. The summed E-state index contributed by atoms with van der Waals surface area (Å²) < 4.78 is 0.899. The van der Waals surface area contributed by atoms with Crippen LogP contribution in [0.15, 0.2) is 57.8 Å². The molecule has 2 aromatic heterocycles. The molecule has 4 nitrogen and oxygen atoms in total. The van der Waals surface area contributed by atoms with Crippen molar-refractivity contribution in [1.29, 1.82) is 0 Å². The second-order valence-electron chi connectivity index (χ2n) is 8.50. The second-order valence-corrected chi connectivity index (χ2v) is 10.5. The number of fused-ring (bicyclic) bond motifs is 1. The molecule has 6 heteroatoms. The standard InChI is InChI=1S/C25H23BrN2O2S/c1-25(2,3)23-21(14-17-12-15-6-4-5-7-19(15)27-24(17)30)31-22(28-23)11-8-16-13-18(26)9-10-20(16)29/h4-13,29H,14H2,1-3H3,(H,27,30)/b11-8-. The van der Waals surface area contributed by atoms with Gasteiger partial charge in [0.2, 0.25) is 0 Å². The van der Waals surface area contributed by atoms with E-state index in [0.717, 1.165) is 42.1 Å². The molecule has 31 heavy (non-hydrogen) atoms. The minimum absolute atomic E-state index is 0.0666. The van der Waals surface area contributed by atoms with Crippen LogP contribution >= 0.6 is 27.3 Å². The Morgan fingerprint density at radius 2 is 1.90 bits per heavy atom. The first-order chi connectivity index (χ1) is 14.7. The first-order valence-electron chi connectivity index (χ1n) is 9.98. The Labute approximate surface area is 193 Å². The fraction of sp³-hybridized carbons (Fsp3) is 0.200. The Bertz CT molecular complexity index is 1350. The van der Waals surface area contributed by atoms with Gasteiger partial charge in [0.05, 0.1) is 5.69 Å². The van der Waals surface area contributed by atoms with Crippen LogP contribution in [-0.4, -0.2) is 15.1 Å². The zero-order chi connectivity index (χ0) is 22.2. The van der Waals surface area contributed by atoms with E-state index in [0.29, 0.717) is 6.42 Å². The maximum absolute atomic E-state index is 12.7. The van der Waals surface area contributed by atoms with E-state index in [4.69, 9.17) is 4.98 Å². The van der Waals surface area contributed by atoms with Crippen LogP contribution in [0.3, 0.4) is 0 Å². The average molecular weight is 495 g/mol. The Kier molecular flexibility index (Phi) is 5.86. The number of rotatable bonds is 4. The van der Waals surface area contributed by atoms with E-state index in [-0.39, 0.29) is 16.7 Å². The minimum Gasteiger partial charge on any atom is -0.507 e. The normalized spacial score (nSPS) is 12.1. The smallest absolute Gasteiger partial charge is 0.251 e. The van der Waals surface area contributed by atoms with Crippen molar-refractivity contribution < 1.29 is 5.11 Å². The third-order valence-electron chi connectivity index (χ3n) is 5.00. The second kappa shape index (κ2) is 8.44. The number of para-hydroxylation sites is 1. The lowest BCUT2D eigenvalue weighted by atomic mass is 9.90. The number of hydrogen-bond donors (Lipinski definition) is 2. The molecule has 2 aromatic carbocycles. The zero-order valence-corrected chi connectivity index (χ0v) is 20.0. The summed E-state index contributed by atoms with van der Waals surface area (Å²) in [6.45, 7) is 6.39. The van der Waals surface area contributed by atoms with Gasteiger partial charge in [-0.15, -0.1) is 11.3 Å². The highest BCUT2D eigenvalue weighted by molar-refractivity contribution is 9.10. The number of aromatic hydroxyl groups is 1. The summed E-state index contributed by atoms with van der Waals surface area (Å²) in [5.74, 6) is 0.218. The number of aromatic amines is 1. The summed E-state index contributed by atoms with van der Waals surface area (Å²) in [7, 11) is 0. The SMILES string of the molecule is CC(C)(C)c1nc(/C=C\c2cc(Br)ccc2O)sc1Cc1cc2ccccc2[nH]c1=O. The molecule has 0 radical (unpaired) electrons. The third kappa shape index (κ3) is 4.81. The van der Waals surface area contributed by atoms with Gasteiger partial charge in [-0.25, -0.2) is 4.98 Å². The predicted molar refractivity (Wildman–Crippen MR) is 133 cm³/mol. The van der Waals surface area contributed by atoms with Gasteiger partial charge in [-0.2, -0.15) is 0 Å². The maximum Gasteiger partial charge on any atom is 0.251 e. The molecule has 2 N–H and O–H groups in total. The summed E-state index contributed by atoms with van der Waals surface area (Å²) in [5, 5.41) is 11.9. The molecule has 4 rings (SSSR count). The highest BCUT2D eigenvalue weighted by Crippen LogP contribution is 2.32. The highest BCUT2D eigenvalue weighted by Gasteiger charge is 2.23. The predicted octanol–water partition coefficient (Wildman–Crippen LogP) is 6.51. The van der Waals surface area contributed by atoms with Crippen LogP contribution in [0.4, 0.5) is 0 Å². The van der Waals surface area contributed by atoms with Gasteiger partial charge in [-0.05, 0) is 47.9 Å². The quantitative estimate of drug-likeness (QED) is 0.339. The summed E-state index contributed by atoms with van der Waals surface area (Å²) >= 11 is 5.02. The largest absolute Gasteiger partial charge is 0.507 e. The number of benzene rings is 2. The van der Waals surface area contributed by atoms with Gasteiger partial charge in [0.15, 0.2) is 0 Å². The van der Waals surface area contributed by atoms with Crippen LogP contribution in [0.2, 0.25) is 0 Å². The molecule has 158 valence electrons. The van der Waals surface area contributed by atoms with Gasteiger partial charge in [0.1, 0.15) is 10.8 Å². The van der Waals surface area contributed by atoms with Crippen LogP contribution in [0.5, 0.6) is 5.75 Å². The number of nitrogens with zero attached hydrogens (tertiary/aromatic N) is 1. The van der Waals surface area contributed by atoms with Crippen molar-refractivity contribution in [2.45, 2.75) is 32.6 Å². The topological polar surface area (TPSA) is 66.0 Å². The molecule has 0 aliphatic heterocycles. The molecular weight excluding hydrogens is 472 g/mol. The average Bonchev–Trinajstić information content (AvgIpc) is 3.12. The lowest BCUT2D eigenvalue weighted by molar-refractivity contribution is 0.474. The molecule has 0 unspecified atom stereocenters. The number of hydrogen-bond acceptors (Lipinski definition) is 4. The van der Waals surface area contributed by atoms with Crippen molar-refractivity contribution in [3.05, 3.63) is 90.1 Å². The number of halogens is 1. The van der Waals surface area contributed by atoms with Crippen LogP contribution in [0.25, 0.3) is 23.1 Å². The van der Waals surface area contributed by atoms with Crippen molar-refractivity contribution in [1.82, 2.24) is 9.97 Å². The third-order valence-corrected chi connectivity index (χ3v) is 6.51. The molecule has 0 atom stereocenters. The van der Waals surface area contributed by atoms with Gasteiger partial charge >= 0.3 is 0 Å². The number of H-pyrrole nitrogens is 1. The molecule has 0 saturated heterocycles. The van der Waals surface area contributed by atoms with Gasteiger partial charge in [0.25, 0.3) is 5.56 Å². The Hall–Kier alpha value is -2.70. The van der Waals surface area contributed by atoms with Crippen molar-refractivity contribution >= 4 is 50.3 Å². The van der Waals surface area contributed by atoms with Crippen molar-refractivity contribution in [3.63, 3.8) is 0 Å². The fourth-order valence-corrected chi connectivity index (χ4v) is 5.04. The van der Waals surface area contributed by atoms with Crippen LogP contribution in [-0.2, 0) is 11.8 Å². The fourth-order valence-electron chi connectivity index (χ4n) is 3.46. The van der Waals surface area contributed by atoms with Crippen LogP contribution < -0.4 is 5.56 Å².